The lowest BCUT2D eigenvalue weighted by Gasteiger charge is -2.23. The van der Waals surface area contributed by atoms with Gasteiger partial charge in [-0.3, -0.25) is 19.0 Å². The molecule has 0 saturated heterocycles. The number of ether oxygens (including phenoxy) is 1. The van der Waals surface area contributed by atoms with E-state index in [1.807, 2.05) is 33.8 Å². The summed E-state index contributed by atoms with van der Waals surface area (Å²) in [5.41, 5.74) is 2.19. The molecule has 0 bridgehead atoms. The Morgan fingerprint density at radius 2 is 1.74 bits per heavy atom. The van der Waals surface area contributed by atoms with Crippen molar-refractivity contribution in [2.75, 3.05) is 18.5 Å². The first-order valence-electron chi connectivity index (χ1n) is 14.8. The molecule has 1 aliphatic rings. The molecule has 15 heteroatoms. The van der Waals surface area contributed by atoms with Gasteiger partial charge in [0.1, 0.15) is 35.5 Å². The number of halogens is 6. The number of aromatic nitrogens is 2. The van der Waals surface area contributed by atoms with Crippen LogP contribution < -0.4 is 20.9 Å². The number of aliphatic carboxylic acids is 1. The van der Waals surface area contributed by atoms with Crippen molar-refractivity contribution in [3.05, 3.63) is 74.2 Å². The summed E-state index contributed by atoms with van der Waals surface area (Å²) in [6, 6.07) is 2.00. The Kier molecular flexibility index (Phi) is 13.4. The van der Waals surface area contributed by atoms with E-state index in [2.05, 4.69) is 18.0 Å². The van der Waals surface area contributed by atoms with Gasteiger partial charge in [0.25, 0.3) is 11.5 Å². The van der Waals surface area contributed by atoms with Gasteiger partial charge in [-0.05, 0) is 51.2 Å². The van der Waals surface area contributed by atoms with Crippen LogP contribution in [0.15, 0.2) is 23.0 Å². The molecule has 2 aromatic carbocycles. The third kappa shape index (κ3) is 9.04. The van der Waals surface area contributed by atoms with Gasteiger partial charge in [-0.1, -0.05) is 32.9 Å². The summed E-state index contributed by atoms with van der Waals surface area (Å²) in [6.07, 6.45) is -3.28. The Morgan fingerprint density at radius 1 is 1.11 bits per heavy atom. The first-order chi connectivity index (χ1) is 22.0. The Bertz CT molecular complexity index is 1670. The molecule has 258 valence electrons. The average molecular weight is 673 g/mol. The van der Waals surface area contributed by atoms with E-state index in [0.717, 1.165) is 42.6 Å². The smallest absolute Gasteiger partial charge is 0.408 e. The van der Waals surface area contributed by atoms with E-state index in [9.17, 15) is 40.7 Å². The molecule has 1 aromatic heterocycles. The first-order valence-corrected chi connectivity index (χ1v) is 14.8. The quantitative estimate of drug-likeness (QED) is 0.196. The predicted octanol–water partition coefficient (Wildman–Crippen LogP) is 6.39. The summed E-state index contributed by atoms with van der Waals surface area (Å²) in [5.74, 6) is -7.04. The standard InChI is InChI=1S/C17H20N2O2.C13H12F6N2O3.C2H6/c1-10-7-8-14(16-13(10)6-5-9-21-16)15-11(2)18-12(3)19(4)17(15)20;1-2-7(13(17,18)19)21-6-3-5(14)9(11(16)10(6)15)12(24)20-4-8(22)23;1-2/h7-8H,5-6,9H2,1-4H3;3,7,21H,2,4H2,1H3,(H,20,24)(H,22,23);1-2H3. The van der Waals surface area contributed by atoms with Gasteiger partial charge in [-0.15, -0.1) is 0 Å². The Labute approximate surface area is 268 Å². The molecule has 4 rings (SSSR count). The number of amides is 1. The van der Waals surface area contributed by atoms with Crippen molar-refractivity contribution < 1.29 is 45.8 Å². The normalized spacial score (nSPS) is 12.7. The minimum Gasteiger partial charge on any atom is -0.493 e. The van der Waals surface area contributed by atoms with E-state index in [4.69, 9.17) is 9.84 Å². The Balaban J connectivity index is 0.000000312. The van der Waals surface area contributed by atoms with Crippen molar-refractivity contribution in [2.45, 2.75) is 73.0 Å². The van der Waals surface area contributed by atoms with E-state index in [1.165, 1.54) is 11.1 Å². The highest BCUT2D eigenvalue weighted by molar-refractivity contribution is 5.96. The van der Waals surface area contributed by atoms with E-state index < -0.39 is 65.8 Å². The number of rotatable bonds is 7. The summed E-state index contributed by atoms with van der Waals surface area (Å²) in [4.78, 5) is 38.9. The van der Waals surface area contributed by atoms with Crippen LogP contribution in [-0.2, 0) is 18.3 Å². The maximum atomic E-state index is 13.8. The summed E-state index contributed by atoms with van der Waals surface area (Å²) >= 11 is 0. The number of nitrogens with one attached hydrogen (secondary N) is 2. The molecule has 47 heavy (non-hydrogen) atoms. The molecular formula is C32H38F6N4O5. The number of carboxylic acids is 1. The molecule has 9 nitrogen and oxygen atoms in total. The minimum atomic E-state index is -4.79. The van der Waals surface area contributed by atoms with Gasteiger partial charge in [0, 0.05) is 18.7 Å². The molecule has 3 N–H and O–H groups in total. The van der Waals surface area contributed by atoms with Crippen molar-refractivity contribution in [3.63, 3.8) is 0 Å². The zero-order valence-electron chi connectivity index (χ0n) is 27.1. The number of hydrogen-bond acceptors (Lipinski definition) is 6. The highest BCUT2D eigenvalue weighted by atomic mass is 19.4. The SMILES string of the molecule is CC.CCC(Nc1cc(F)c(C(=O)NCC(=O)O)c(F)c1F)C(F)(F)F.Cc1ccc(-c2c(C)nc(C)n(C)c2=O)c2c1CCCO2. The van der Waals surface area contributed by atoms with Gasteiger partial charge in [0.2, 0.25) is 0 Å². The second kappa shape index (κ2) is 16.3. The lowest BCUT2D eigenvalue weighted by atomic mass is 9.94. The average Bonchev–Trinajstić information content (AvgIpc) is 3.02. The molecule has 0 aliphatic carbocycles. The molecule has 1 amide bonds. The van der Waals surface area contributed by atoms with Gasteiger partial charge >= 0.3 is 12.1 Å². The third-order valence-corrected chi connectivity index (χ3v) is 7.20. The topological polar surface area (TPSA) is 123 Å². The molecule has 3 aromatic rings. The molecule has 0 saturated carbocycles. The maximum Gasteiger partial charge on any atom is 0.408 e. The van der Waals surface area contributed by atoms with Crippen LogP contribution in [0.4, 0.5) is 32.0 Å². The molecule has 1 aliphatic heterocycles. The summed E-state index contributed by atoms with van der Waals surface area (Å²) in [7, 11) is 1.76. The van der Waals surface area contributed by atoms with Crippen molar-refractivity contribution in [1.29, 1.82) is 0 Å². The second-order valence-electron chi connectivity index (χ2n) is 10.3. The number of carbonyl (C=O) groups excluding carboxylic acids is 1. The van der Waals surface area contributed by atoms with Crippen molar-refractivity contribution in [3.8, 4) is 16.9 Å². The number of alkyl halides is 3. The first kappa shape index (κ1) is 38.6. The van der Waals surface area contributed by atoms with Crippen molar-refractivity contribution in [1.82, 2.24) is 14.9 Å². The van der Waals surface area contributed by atoms with Gasteiger partial charge in [-0.2, -0.15) is 13.2 Å². The van der Waals surface area contributed by atoms with Gasteiger partial charge in [0.05, 0.1) is 23.6 Å². The highest BCUT2D eigenvalue weighted by Crippen LogP contribution is 2.37. The van der Waals surface area contributed by atoms with Crippen molar-refractivity contribution >= 4 is 17.6 Å². The fourth-order valence-corrected chi connectivity index (χ4v) is 4.73. The predicted molar refractivity (Wildman–Crippen MR) is 164 cm³/mol. The zero-order valence-corrected chi connectivity index (χ0v) is 27.1. The minimum absolute atomic E-state index is 0.0137. The number of benzene rings is 2. The Morgan fingerprint density at radius 3 is 2.32 bits per heavy atom. The van der Waals surface area contributed by atoms with E-state index >= 15 is 0 Å². The Hall–Kier alpha value is -4.56. The number of nitrogens with zero attached hydrogens (tertiary/aromatic N) is 2. The van der Waals surface area contributed by atoms with Gasteiger partial charge in [0.15, 0.2) is 11.6 Å². The highest BCUT2D eigenvalue weighted by Gasteiger charge is 2.39. The number of carboxylic acid groups (broad SMARTS) is 1. The van der Waals surface area contributed by atoms with Crippen LogP contribution in [0.2, 0.25) is 0 Å². The second-order valence-corrected chi connectivity index (χ2v) is 10.3. The summed E-state index contributed by atoms with van der Waals surface area (Å²) < 4.78 is 86.8. The van der Waals surface area contributed by atoms with Crippen LogP contribution in [0.5, 0.6) is 5.75 Å². The fraction of sp³-hybridized carbons (Fsp3) is 0.438. The molecule has 0 spiro atoms. The van der Waals surface area contributed by atoms with Gasteiger partial charge in [-0.25, -0.2) is 18.2 Å². The number of aryl methyl sites for hydroxylation is 3. The molecule has 0 fully saturated rings. The maximum absolute atomic E-state index is 13.8. The molecular weight excluding hydrogens is 634 g/mol. The lowest BCUT2D eigenvalue weighted by Crippen LogP contribution is -2.36. The number of anilines is 1. The zero-order chi connectivity index (χ0) is 35.8. The van der Waals surface area contributed by atoms with E-state index in [1.54, 1.807) is 22.2 Å². The monoisotopic (exact) mass is 672 g/mol. The third-order valence-electron chi connectivity index (χ3n) is 7.20. The van der Waals surface area contributed by atoms with E-state index in [-0.39, 0.29) is 11.6 Å². The summed E-state index contributed by atoms with van der Waals surface area (Å²) in [6.45, 7) is 10.7. The molecule has 1 atom stereocenters. The van der Waals surface area contributed by atoms with Crippen molar-refractivity contribution in [2.24, 2.45) is 7.05 Å². The summed E-state index contributed by atoms with van der Waals surface area (Å²) in [5, 5.41) is 11.6. The van der Waals surface area contributed by atoms with E-state index in [0.29, 0.717) is 12.2 Å². The number of hydrogen-bond donors (Lipinski definition) is 3. The van der Waals surface area contributed by atoms with Crippen LogP contribution in [0.1, 0.15) is 66.6 Å². The molecule has 2 heterocycles. The molecule has 0 radical (unpaired) electrons. The molecule has 1 unspecified atom stereocenters. The van der Waals surface area contributed by atoms with Gasteiger partial charge < -0.3 is 20.5 Å². The largest absolute Gasteiger partial charge is 0.493 e. The fourth-order valence-electron chi connectivity index (χ4n) is 4.73. The van der Waals surface area contributed by atoms with Crippen LogP contribution in [0, 0.1) is 38.2 Å². The van der Waals surface area contributed by atoms with Crippen LogP contribution in [0.25, 0.3) is 11.1 Å². The van der Waals surface area contributed by atoms with Crippen LogP contribution in [0.3, 0.4) is 0 Å². The van der Waals surface area contributed by atoms with Crippen LogP contribution in [-0.4, -0.2) is 51.9 Å². The van der Waals surface area contributed by atoms with Crippen LogP contribution >= 0.6 is 0 Å². The lowest BCUT2D eigenvalue weighted by molar-refractivity contribution is -0.143. The number of fused-ring (bicyclic) bond motifs is 1. The number of carbonyl (C=O) groups is 2.